The van der Waals surface area contributed by atoms with E-state index in [2.05, 4.69) is 41.6 Å². The average molecular weight is 568 g/mol. The molecular formula is C17H28F3IN4O2S2. The van der Waals surface area contributed by atoms with Crippen LogP contribution in [-0.2, 0) is 16.4 Å². The van der Waals surface area contributed by atoms with E-state index in [0.29, 0.717) is 29.7 Å². The zero-order valence-electron chi connectivity index (χ0n) is 16.6. The van der Waals surface area contributed by atoms with Crippen LogP contribution in [0.2, 0.25) is 0 Å². The first kappa shape index (κ1) is 26.4. The predicted octanol–water partition coefficient (Wildman–Crippen LogP) is 3.33. The summed E-state index contributed by atoms with van der Waals surface area (Å²) in [6, 6.07) is 4.37. The van der Waals surface area contributed by atoms with Crippen molar-refractivity contribution in [1.29, 1.82) is 0 Å². The Hall–Kier alpha value is -0.600. The minimum absolute atomic E-state index is 0. The Labute approximate surface area is 191 Å². The Morgan fingerprint density at radius 2 is 1.97 bits per heavy atom. The lowest BCUT2D eigenvalue weighted by Crippen LogP contribution is -2.48. The van der Waals surface area contributed by atoms with Gasteiger partial charge in [-0.1, -0.05) is 0 Å². The second-order valence-electron chi connectivity index (χ2n) is 7.01. The van der Waals surface area contributed by atoms with Gasteiger partial charge in [0.15, 0.2) is 5.96 Å². The summed E-state index contributed by atoms with van der Waals surface area (Å²) in [5, 5.41) is 6.50. The van der Waals surface area contributed by atoms with Crippen molar-refractivity contribution in [2.24, 2.45) is 10.9 Å². The van der Waals surface area contributed by atoms with Crippen LogP contribution in [0.5, 0.6) is 0 Å². The van der Waals surface area contributed by atoms with Crippen molar-refractivity contribution in [3.05, 3.63) is 21.9 Å². The van der Waals surface area contributed by atoms with Crippen LogP contribution in [0.3, 0.4) is 0 Å². The summed E-state index contributed by atoms with van der Waals surface area (Å²) in [6.45, 7) is 4.42. The lowest BCUT2D eigenvalue weighted by atomic mass is 9.98. The fourth-order valence-electron chi connectivity index (χ4n) is 3.12. The number of rotatable bonds is 6. The van der Waals surface area contributed by atoms with Gasteiger partial charge in [0, 0.05) is 48.9 Å². The van der Waals surface area contributed by atoms with E-state index in [0.717, 1.165) is 6.42 Å². The first-order valence-electron chi connectivity index (χ1n) is 9.12. The van der Waals surface area contributed by atoms with Crippen molar-refractivity contribution in [2.75, 3.05) is 26.7 Å². The second-order valence-corrected chi connectivity index (χ2v) is 10.3. The van der Waals surface area contributed by atoms with Crippen molar-refractivity contribution in [1.82, 2.24) is 14.9 Å². The molecule has 2 rings (SSSR count). The molecule has 1 aliphatic rings. The molecule has 6 nitrogen and oxygen atoms in total. The van der Waals surface area contributed by atoms with Crippen LogP contribution in [0.25, 0.3) is 0 Å². The van der Waals surface area contributed by atoms with Gasteiger partial charge in [0.2, 0.25) is 0 Å². The number of nitrogens with one attached hydrogen (secondary N) is 2. The van der Waals surface area contributed by atoms with Crippen molar-refractivity contribution in [2.45, 2.75) is 44.7 Å². The molecule has 1 aromatic heterocycles. The van der Waals surface area contributed by atoms with E-state index in [4.69, 9.17) is 0 Å². The van der Waals surface area contributed by atoms with E-state index < -0.39 is 15.5 Å². The third-order valence-corrected chi connectivity index (χ3v) is 7.33. The van der Waals surface area contributed by atoms with Crippen LogP contribution in [0.15, 0.2) is 17.1 Å². The first-order chi connectivity index (χ1) is 13.0. The lowest BCUT2D eigenvalue weighted by Gasteiger charge is -2.32. The Kier molecular flexibility index (Phi) is 10.2. The number of halogens is 4. The van der Waals surface area contributed by atoms with Gasteiger partial charge in [0.1, 0.15) is 0 Å². The van der Waals surface area contributed by atoms with E-state index >= 15 is 0 Å². The normalized spacial score (nSPS) is 18.2. The number of nitrogens with zero attached hydrogens (tertiary/aromatic N) is 2. The minimum Gasteiger partial charge on any atom is -0.356 e. The quantitative estimate of drug-likeness (QED) is 0.314. The molecule has 1 fully saturated rings. The largest absolute Gasteiger partial charge is 0.511 e. The summed E-state index contributed by atoms with van der Waals surface area (Å²) >= 11 is 1.76. The van der Waals surface area contributed by atoms with Crippen LogP contribution in [0.1, 0.15) is 29.5 Å². The molecule has 29 heavy (non-hydrogen) atoms. The van der Waals surface area contributed by atoms with Gasteiger partial charge >= 0.3 is 15.5 Å². The Balaban J connectivity index is 0.00000420. The van der Waals surface area contributed by atoms with E-state index in [1.807, 2.05) is 0 Å². The number of aryl methyl sites for hydroxylation is 1. The van der Waals surface area contributed by atoms with Crippen molar-refractivity contribution < 1.29 is 21.6 Å². The molecule has 2 heterocycles. The fraction of sp³-hybridized carbons (Fsp3) is 0.706. The number of aliphatic imine (C=N–C) groups is 1. The fourth-order valence-corrected chi connectivity index (χ4v) is 5.12. The molecular weight excluding hydrogens is 540 g/mol. The van der Waals surface area contributed by atoms with Crippen LogP contribution in [0.4, 0.5) is 13.2 Å². The van der Waals surface area contributed by atoms with E-state index in [-0.39, 0.29) is 49.0 Å². The smallest absolute Gasteiger partial charge is 0.356 e. The van der Waals surface area contributed by atoms with Gasteiger partial charge in [0.05, 0.1) is 0 Å². The highest BCUT2D eigenvalue weighted by Crippen LogP contribution is 2.30. The molecule has 0 aromatic carbocycles. The molecule has 1 saturated heterocycles. The molecule has 1 aromatic rings. The van der Waals surface area contributed by atoms with Gasteiger partial charge in [0.25, 0.3) is 0 Å². The summed E-state index contributed by atoms with van der Waals surface area (Å²) < 4.78 is 61.3. The maximum absolute atomic E-state index is 12.6. The zero-order valence-corrected chi connectivity index (χ0v) is 20.6. The molecule has 1 aliphatic heterocycles. The molecule has 0 spiro atoms. The van der Waals surface area contributed by atoms with Crippen molar-refractivity contribution in [3.8, 4) is 0 Å². The maximum atomic E-state index is 12.6. The molecule has 168 valence electrons. The standard InChI is InChI=1S/C17H27F3N4O2S2.HI/c1-12(10-15-5-4-13(2)27-15)23-16(21-3)22-11-14-6-8-24(9-7-14)28(25,26)17(18,19)20;/h4-5,12,14H,6-11H2,1-3H3,(H2,21,22,23);1H. The topological polar surface area (TPSA) is 73.8 Å². The number of piperidine rings is 1. The van der Waals surface area contributed by atoms with E-state index in [9.17, 15) is 21.6 Å². The maximum Gasteiger partial charge on any atom is 0.511 e. The molecule has 2 N–H and O–H groups in total. The number of sulfonamides is 1. The lowest BCUT2D eigenvalue weighted by molar-refractivity contribution is -0.0496. The van der Waals surface area contributed by atoms with Crippen LogP contribution in [-0.4, -0.2) is 56.9 Å². The molecule has 1 unspecified atom stereocenters. The Bertz CT molecular complexity index is 776. The van der Waals surface area contributed by atoms with Crippen LogP contribution >= 0.6 is 35.3 Å². The van der Waals surface area contributed by atoms with E-state index in [1.54, 1.807) is 18.4 Å². The number of hydrogen-bond acceptors (Lipinski definition) is 4. The summed E-state index contributed by atoms with van der Waals surface area (Å²) in [5.41, 5.74) is -5.23. The molecule has 0 saturated carbocycles. The zero-order chi connectivity index (χ0) is 20.9. The molecule has 0 amide bonds. The molecule has 0 bridgehead atoms. The average Bonchev–Trinajstić information content (AvgIpc) is 3.02. The monoisotopic (exact) mass is 568 g/mol. The first-order valence-corrected chi connectivity index (χ1v) is 11.4. The molecule has 0 radical (unpaired) electrons. The number of guanidine groups is 1. The van der Waals surface area contributed by atoms with Crippen LogP contribution < -0.4 is 10.6 Å². The van der Waals surface area contributed by atoms with E-state index in [1.165, 1.54) is 9.75 Å². The third kappa shape index (κ3) is 7.55. The SMILES string of the molecule is CN=C(NCC1CCN(S(=O)(=O)C(F)(F)F)CC1)NC(C)Cc1ccc(C)s1.I. The highest BCUT2D eigenvalue weighted by atomic mass is 127. The number of thiophene rings is 1. The van der Waals surface area contributed by atoms with Crippen molar-refractivity contribution >= 4 is 51.3 Å². The van der Waals surface area contributed by atoms with Crippen molar-refractivity contribution in [3.63, 3.8) is 0 Å². The summed E-state index contributed by atoms with van der Waals surface area (Å²) in [5.74, 6) is 0.722. The third-order valence-electron chi connectivity index (χ3n) is 4.67. The van der Waals surface area contributed by atoms with Gasteiger partial charge in [-0.3, -0.25) is 4.99 Å². The van der Waals surface area contributed by atoms with Gasteiger partial charge in [-0.2, -0.15) is 17.5 Å². The molecule has 12 heteroatoms. The summed E-state index contributed by atoms with van der Waals surface area (Å²) in [6.07, 6.45) is 1.62. The number of alkyl halides is 3. The molecule has 0 aliphatic carbocycles. The predicted molar refractivity (Wildman–Crippen MR) is 121 cm³/mol. The van der Waals surface area contributed by atoms with Gasteiger partial charge in [-0.05, 0) is 44.7 Å². The summed E-state index contributed by atoms with van der Waals surface area (Å²) in [4.78, 5) is 6.74. The Morgan fingerprint density at radius 3 is 2.45 bits per heavy atom. The Morgan fingerprint density at radius 1 is 1.34 bits per heavy atom. The van der Waals surface area contributed by atoms with Gasteiger partial charge in [-0.25, -0.2) is 8.42 Å². The van der Waals surface area contributed by atoms with Gasteiger partial charge in [-0.15, -0.1) is 35.3 Å². The highest BCUT2D eigenvalue weighted by molar-refractivity contribution is 14.0. The minimum atomic E-state index is -5.23. The summed E-state index contributed by atoms with van der Waals surface area (Å²) in [7, 11) is -3.56. The van der Waals surface area contributed by atoms with Crippen LogP contribution in [0, 0.1) is 12.8 Å². The van der Waals surface area contributed by atoms with Gasteiger partial charge < -0.3 is 10.6 Å². The second kappa shape index (κ2) is 11.1. The number of hydrogen-bond donors (Lipinski definition) is 2. The highest BCUT2D eigenvalue weighted by Gasteiger charge is 2.50. The molecule has 1 atom stereocenters.